The maximum atomic E-state index is 12.2. The second-order valence-corrected chi connectivity index (χ2v) is 5.30. The fourth-order valence-corrected chi connectivity index (χ4v) is 2.11. The molecule has 0 fully saturated rings. The molecule has 2 aromatic carbocycles. The summed E-state index contributed by atoms with van der Waals surface area (Å²) in [5.41, 5.74) is 1.84. The summed E-state index contributed by atoms with van der Waals surface area (Å²) in [5, 5.41) is 17.4. The lowest BCUT2D eigenvalue weighted by atomic mass is 10.1. The molecule has 0 saturated carbocycles. The van der Waals surface area contributed by atoms with Gasteiger partial charge in [-0.05, 0) is 54.5 Å². The van der Waals surface area contributed by atoms with Crippen molar-refractivity contribution in [1.82, 2.24) is 0 Å². The standard InChI is InChI=1S/C20H17NO4/c21-14-16-4-1-3-15(13-16)6-11-19(22)17-7-9-18(10-8-17)25-12-2-5-20(23)24/h1,3-4,6-11,13H,2,5,12H2,(H,23,24)/b11-6+. The van der Waals surface area contributed by atoms with Crippen molar-refractivity contribution in [3.05, 3.63) is 71.3 Å². The summed E-state index contributed by atoms with van der Waals surface area (Å²) < 4.78 is 5.42. The zero-order chi connectivity index (χ0) is 18.1. The molecule has 1 N–H and O–H groups in total. The Kier molecular flexibility index (Phi) is 6.49. The van der Waals surface area contributed by atoms with E-state index < -0.39 is 5.97 Å². The monoisotopic (exact) mass is 335 g/mol. The Balaban J connectivity index is 1.92. The largest absolute Gasteiger partial charge is 0.494 e. The Labute approximate surface area is 145 Å². The number of ether oxygens (including phenoxy) is 1. The number of nitrogens with zero attached hydrogens (tertiary/aromatic N) is 1. The van der Waals surface area contributed by atoms with E-state index in [9.17, 15) is 9.59 Å². The average Bonchev–Trinajstić information content (AvgIpc) is 2.64. The molecule has 0 spiro atoms. The molecular weight excluding hydrogens is 318 g/mol. The third-order valence-electron chi connectivity index (χ3n) is 3.39. The summed E-state index contributed by atoms with van der Waals surface area (Å²) in [7, 11) is 0. The molecule has 25 heavy (non-hydrogen) atoms. The third kappa shape index (κ3) is 5.96. The molecule has 0 amide bonds. The van der Waals surface area contributed by atoms with Gasteiger partial charge in [0.25, 0.3) is 0 Å². The molecule has 2 aromatic rings. The zero-order valence-electron chi connectivity index (χ0n) is 13.5. The summed E-state index contributed by atoms with van der Waals surface area (Å²) in [6.07, 6.45) is 3.62. The third-order valence-corrected chi connectivity index (χ3v) is 3.39. The molecule has 126 valence electrons. The van der Waals surface area contributed by atoms with Gasteiger partial charge in [0.15, 0.2) is 5.78 Å². The number of aliphatic carboxylic acids is 1. The van der Waals surface area contributed by atoms with Crippen LogP contribution < -0.4 is 4.74 Å². The van der Waals surface area contributed by atoms with Gasteiger partial charge in [0.1, 0.15) is 5.75 Å². The van der Waals surface area contributed by atoms with Crippen LogP contribution in [0.5, 0.6) is 5.75 Å². The number of allylic oxidation sites excluding steroid dienone is 1. The van der Waals surface area contributed by atoms with E-state index in [0.29, 0.717) is 29.9 Å². The highest BCUT2D eigenvalue weighted by Crippen LogP contribution is 2.14. The van der Waals surface area contributed by atoms with Gasteiger partial charge in [-0.3, -0.25) is 9.59 Å². The van der Waals surface area contributed by atoms with Crippen molar-refractivity contribution in [3.63, 3.8) is 0 Å². The van der Waals surface area contributed by atoms with E-state index in [-0.39, 0.29) is 12.2 Å². The number of carboxylic acid groups (broad SMARTS) is 1. The van der Waals surface area contributed by atoms with Crippen molar-refractivity contribution in [2.75, 3.05) is 6.61 Å². The topological polar surface area (TPSA) is 87.4 Å². The van der Waals surface area contributed by atoms with Gasteiger partial charge in [0.05, 0.1) is 18.2 Å². The van der Waals surface area contributed by atoms with E-state index in [2.05, 4.69) is 6.07 Å². The molecule has 0 saturated heterocycles. The minimum absolute atomic E-state index is 0.0639. The predicted molar refractivity (Wildman–Crippen MR) is 93.3 cm³/mol. The smallest absolute Gasteiger partial charge is 0.303 e. The van der Waals surface area contributed by atoms with Crippen molar-refractivity contribution < 1.29 is 19.4 Å². The van der Waals surface area contributed by atoms with Gasteiger partial charge in [-0.15, -0.1) is 0 Å². The number of hydrogen-bond donors (Lipinski definition) is 1. The van der Waals surface area contributed by atoms with Gasteiger partial charge < -0.3 is 9.84 Å². The van der Waals surface area contributed by atoms with Gasteiger partial charge >= 0.3 is 5.97 Å². The van der Waals surface area contributed by atoms with Gasteiger partial charge in [0, 0.05) is 12.0 Å². The summed E-state index contributed by atoms with van der Waals surface area (Å²) in [6, 6.07) is 15.7. The summed E-state index contributed by atoms with van der Waals surface area (Å²) in [4.78, 5) is 22.6. The van der Waals surface area contributed by atoms with Gasteiger partial charge in [0.2, 0.25) is 0 Å². The van der Waals surface area contributed by atoms with Crippen LogP contribution in [-0.4, -0.2) is 23.5 Å². The van der Waals surface area contributed by atoms with Crippen LogP contribution in [0.1, 0.15) is 34.3 Å². The SMILES string of the molecule is N#Cc1cccc(/C=C/C(=O)c2ccc(OCCCC(=O)O)cc2)c1. The minimum Gasteiger partial charge on any atom is -0.494 e. The maximum Gasteiger partial charge on any atom is 0.303 e. The van der Waals surface area contributed by atoms with Crippen LogP contribution in [0.4, 0.5) is 0 Å². The predicted octanol–water partition coefficient (Wildman–Crippen LogP) is 3.70. The molecule has 0 heterocycles. The molecule has 0 atom stereocenters. The second kappa shape index (κ2) is 9.04. The molecular formula is C20H17NO4. The Morgan fingerprint density at radius 3 is 2.60 bits per heavy atom. The molecule has 0 radical (unpaired) electrons. The van der Waals surface area contributed by atoms with E-state index in [4.69, 9.17) is 15.1 Å². The van der Waals surface area contributed by atoms with Crippen molar-refractivity contribution >= 4 is 17.8 Å². The number of carbonyl (C=O) groups is 2. The van der Waals surface area contributed by atoms with Crippen LogP contribution in [0.3, 0.4) is 0 Å². The van der Waals surface area contributed by atoms with Crippen LogP contribution in [0.25, 0.3) is 6.08 Å². The molecule has 0 unspecified atom stereocenters. The van der Waals surface area contributed by atoms with E-state index in [1.807, 2.05) is 6.07 Å². The first kappa shape index (κ1) is 18.0. The number of hydrogen-bond acceptors (Lipinski definition) is 4. The van der Waals surface area contributed by atoms with Crippen LogP contribution in [-0.2, 0) is 4.79 Å². The molecule has 0 aliphatic heterocycles. The number of carbonyl (C=O) groups excluding carboxylic acids is 1. The van der Waals surface area contributed by atoms with Crippen molar-refractivity contribution in [1.29, 1.82) is 5.26 Å². The number of benzene rings is 2. The maximum absolute atomic E-state index is 12.2. The van der Waals surface area contributed by atoms with E-state index in [1.165, 1.54) is 6.08 Å². The Hall–Kier alpha value is -3.39. The number of rotatable bonds is 8. The normalized spacial score (nSPS) is 10.4. The number of nitriles is 1. The van der Waals surface area contributed by atoms with E-state index in [0.717, 1.165) is 5.56 Å². The average molecular weight is 335 g/mol. The van der Waals surface area contributed by atoms with Gasteiger partial charge in [-0.2, -0.15) is 5.26 Å². The lowest BCUT2D eigenvalue weighted by Gasteiger charge is -2.05. The lowest BCUT2D eigenvalue weighted by Crippen LogP contribution is -2.02. The highest BCUT2D eigenvalue weighted by molar-refractivity contribution is 6.06. The molecule has 0 aliphatic carbocycles. The Morgan fingerprint density at radius 2 is 1.92 bits per heavy atom. The van der Waals surface area contributed by atoms with Crippen LogP contribution in [0.15, 0.2) is 54.6 Å². The van der Waals surface area contributed by atoms with Crippen molar-refractivity contribution in [2.45, 2.75) is 12.8 Å². The highest BCUT2D eigenvalue weighted by atomic mass is 16.5. The van der Waals surface area contributed by atoms with Gasteiger partial charge in [-0.25, -0.2) is 0 Å². The minimum atomic E-state index is -0.850. The molecule has 0 aliphatic rings. The van der Waals surface area contributed by atoms with Gasteiger partial charge in [-0.1, -0.05) is 18.2 Å². The second-order valence-electron chi connectivity index (χ2n) is 5.30. The molecule has 0 aromatic heterocycles. The first-order valence-corrected chi connectivity index (χ1v) is 7.76. The van der Waals surface area contributed by atoms with E-state index >= 15 is 0 Å². The molecule has 5 nitrogen and oxygen atoms in total. The zero-order valence-corrected chi connectivity index (χ0v) is 13.5. The Bertz CT molecular complexity index is 816. The number of carboxylic acids is 1. The summed E-state index contributed by atoms with van der Waals surface area (Å²) >= 11 is 0. The Morgan fingerprint density at radius 1 is 1.16 bits per heavy atom. The first-order valence-electron chi connectivity index (χ1n) is 7.76. The fraction of sp³-hybridized carbons (Fsp3) is 0.150. The van der Waals surface area contributed by atoms with E-state index in [1.54, 1.807) is 48.5 Å². The van der Waals surface area contributed by atoms with Crippen LogP contribution in [0.2, 0.25) is 0 Å². The van der Waals surface area contributed by atoms with Crippen molar-refractivity contribution in [3.8, 4) is 11.8 Å². The summed E-state index contributed by atoms with van der Waals surface area (Å²) in [5.74, 6) is -0.413. The first-order chi connectivity index (χ1) is 12.1. The van der Waals surface area contributed by atoms with Crippen LogP contribution in [0, 0.1) is 11.3 Å². The lowest BCUT2D eigenvalue weighted by molar-refractivity contribution is -0.137. The number of ketones is 1. The quantitative estimate of drug-likeness (QED) is 0.451. The summed E-state index contributed by atoms with van der Waals surface area (Å²) in [6.45, 7) is 0.314. The fourth-order valence-electron chi connectivity index (χ4n) is 2.11. The molecule has 0 bridgehead atoms. The molecule has 5 heteroatoms. The molecule has 2 rings (SSSR count). The van der Waals surface area contributed by atoms with Crippen molar-refractivity contribution in [2.24, 2.45) is 0 Å². The van der Waals surface area contributed by atoms with Crippen LogP contribution >= 0.6 is 0 Å². The highest BCUT2D eigenvalue weighted by Gasteiger charge is 2.03.